The summed E-state index contributed by atoms with van der Waals surface area (Å²) in [6.07, 6.45) is 1.21. The number of urea groups is 1. The van der Waals surface area contributed by atoms with Crippen LogP contribution in [0.3, 0.4) is 0 Å². The van der Waals surface area contributed by atoms with E-state index >= 15 is 0 Å². The minimum Gasteiger partial charge on any atom is -0.274 e. The van der Waals surface area contributed by atoms with Gasteiger partial charge in [0.25, 0.3) is 0 Å². The molecule has 0 aliphatic carbocycles. The SMILES string of the molecule is CC(C)=NNC(=O)N1CCCC1=O. The Hall–Kier alpha value is -1.39. The molecule has 1 saturated heterocycles. The Balaban J connectivity index is 2.48. The van der Waals surface area contributed by atoms with E-state index < -0.39 is 6.03 Å². The first-order valence-electron chi connectivity index (χ1n) is 4.22. The lowest BCUT2D eigenvalue weighted by molar-refractivity contribution is -0.125. The van der Waals surface area contributed by atoms with Gasteiger partial charge in [0.15, 0.2) is 0 Å². The minimum atomic E-state index is -0.427. The molecule has 1 N–H and O–H groups in total. The summed E-state index contributed by atoms with van der Waals surface area (Å²) in [6, 6.07) is -0.427. The topological polar surface area (TPSA) is 61.8 Å². The third-order valence-corrected chi connectivity index (χ3v) is 1.69. The van der Waals surface area contributed by atoms with Crippen molar-refractivity contribution < 1.29 is 9.59 Å². The number of rotatable bonds is 1. The molecular weight excluding hydrogens is 170 g/mol. The Morgan fingerprint density at radius 1 is 1.54 bits per heavy atom. The normalized spacial score (nSPS) is 15.8. The molecule has 0 saturated carbocycles. The highest BCUT2D eigenvalue weighted by molar-refractivity contribution is 5.96. The van der Waals surface area contributed by atoms with Gasteiger partial charge in [-0.05, 0) is 20.3 Å². The number of hydrogen-bond donors (Lipinski definition) is 1. The fourth-order valence-electron chi connectivity index (χ4n) is 1.08. The van der Waals surface area contributed by atoms with Crippen molar-refractivity contribution in [2.24, 2.45) is 5.10 Å². The average Bonchev–Trinajstić information content (AvgIpc) is 2.47. The van der Waals surface area contributed by atoms with Crippen LogP contribution in [0.4, 0.5) is 4.79 Å². The van der Waals surface area contributed by atoms with Crippen LogP contribution in [0, 0.1) is 0 Å². The number of nitrogens with one attached hydrogen (secondary N) is 1. The Morgan fingerprint density at radius 3 is 2.69 bits per heavy atom. The molecule has 0 aromatic rings. The minimum absolute atomic E-state index is 0.124. The van der Waals surface area contributed by atoms with E-state index in [1.54, 1.807) is 13.8 Å². The van der Waals surface area contributed by atoms with Gasteiger partial charge in [0.2, 0.25) is 5.91 Å². The zero-order valence-corrected chi connectivity index (χ0v) is 7.83. The summed E-state index contributed by atoms with van der Waals surface area (Å²) in [5.74, 6) is -0.124. The van der Waals surface area contributed by atoms with Crippen molar-refractivity contribution in [3.05, 3.63) is 0 Å². The van der Waals surface area contributed by atoms with Gasteiger partial charge in [0, 0.05) is 18.7 Å². The molecule has 5 nitrogen and oxygen atoms in total. The molecule has 13 heavy (non-hydrogen) atoms. The largest absolute Gasteiger partial charge is 0.344 e. The summed E-state index contributed by atoms with van der Waals surface area (Å²) in [5.41, 5.74) is 3.06. The summed E-state index contributed by atoms with van der Waals surface area (Å²) >= 11 is 0. The molecule has 1 aliphatic rings. The van der Waals surface area contributed by atoms with E-state index in [1.165, 1.54) is 4.90 Å². The first-order valence-corrected chi connectivity index (χ1v) is 4.22. The van der Waals surface area contributed by atoms with Crippen LogP contribution in [-0.2, 0) is 4.79 Å². The van der Waals surface area contributed by atoms with Crippen LogP contribution in [0.25, 0.3) is 0 Å². The average molecular weight is 183 g/mol. The Morgan fingerprint density at radius 2 is 2.23 bits per heavy atom. The van der Waals surface area contributed by atoms with E-state index in [2.05, 4.69) is 10.5 Å². The van der Waals surface area contributed by atoms with E-state index in [-0.39, 0.29) is 5.91 Å². The lowest BCUT2D eigenvalue weighted by Gasteiger charge is -2.11. The number of amides is 3. The fourth-order valence-corrected chi connectivity index (χ4v) is 1.08. The van der Waals surface area contributed by atoms with Gasteiger partial charge < -0.3 is 0 Å². The van der Waals surface area contributed by atoms with E-state index in [0.29, 0.717) is 13.0 Å². The van der Waals surface area contributed by atoms with Gasteiger partial charge in [-0.1, -0.05) is 0 Å². The van der Waals surface area contributed by atoms with Crippen molar-refractivity contribution in [3.8, 4) is 0 Å². The number of carbonyl (C=O) groups is 2. The molecule has 1 fully saturated rings. The predicted molar refractivity (Wildman–Crippen MR) is 48.3 cm³/mol. The van der Waals surface area contributed by atoms with Gasteiger partial charge in [0.05, 0.1) is 0 Å². The highest BCUT2D eigenvalue weighted by Gasteiger charge is 2.25. The second-order valence-corrected chi connectivity index (χ2v) is 3.12. The molecule has 1 rings (SSSR count). The van der Waals surface area contributed by atoms with Crippen molar-refractivity contribution in [2.75, 3.05) is 6.54 Å². The smallest absolute Gasteiger partial charge is 0.274 e. The molecule has 0 aromatic carbocycles. The molecule has 72 valence electrons. The predicted octanol–water partition coefficient (Wildman–Crippen LogP) is 0.714. The Labute approximate surface area is 76.8 Å². The van der Waals surface area contributed by atoms with Crippen LogP contribution in [-0.4, -0.2) is 29.1 Å². The van der Waals surface area contributed by atoms with Crippen LogP contribution in [0.15, 0.2) is 5.10 Å². The maximum Gasteiger partial charge on any atom is 0.344 e. The van der Waals surface area contributed by atoms with Crippen molar-refractivity contribution in [2.45, 2.75) is 26.7 Å². The molecular formula is C8H13N3O2. The maximum atomic E-state index is 11.2. The summed E-state index contributed by atoms with van der Waals surface area (Å²) in [7, 11) is 0. The highest BCUT2D eigenvalue weighted by Crippen LogP contribution is 2.08. The second kappa shape index (κ2) is 4.02. The molecule has 0 unspecified atom stereocenters. The summed E-state index contributed by atoms with van der Waals surface area (Å²) < 4.78 is 0. The van der Waals surface area contributed by atoms with E-state index in [0.717, 1.165) is 12.1 Å². The summed E-state index contributed by atoms with van der Waals surface area (Å²) in [5, 5.41) is 3.73. The van der Waals surface area contributed by atoms with Crippen LogP contribution in [0.1, 0.15) is 26.7 Å². The van der Waals surface area contributed by atoms with Crippen LogP contribution < -0.4 is 5.43 Å². The number of likely N-dealkylation sites (tertiary alicyclic amines) is 1. The molecule has 0 bridgehead atoms. The van der Waals surface area contributed by atoms with Crippen molar-refractivity contribution >= 4 is 17.6 Å². The molecule has 0 radical (unpaired) electrons. The summed E-state index contributed by atoms with van der Waals surface area (Å²) in [6.45, 7) is 4.04. The molecule has 3 amide bonds. The maximum absolute atomic E-state index is 11.2. The number of hydrazone groups is 1. The fraction of sp³-hybridized carbons (Fsp3) is 0.625. The van der Waals surface area contributed by atoms with E-state index in [9.17, 15) is 9.59 Å². The molecule has 0 spiro atoms. The van der Waals surface area contributed by atoms with Gasteiger partial charge in [0.1, 0.15) is 0 Å². The molecule has 0 atom stereocenters. The summed E-state index contributed by atoms with van der Waals surface area (Å²) in [4.78, 5) is 23.5. The third kappa shape index (κ3) is 2.54. The van der Waals surface area contributed by atoms with Crippen LogP contribution in [0.5, 0.6) is 0 Å². The molecule has 1 aliphatic heterocycles. The number of nitrogens with zero attached hydrogens (tertiary/aromatic N) is 2. The molecule has 0 aromatic heterocycles. The van der Waals surface area contributed by atoms with Crippen molar-refractivity contribution in [3.63, 3.8) is 0 Å². The molecule has 5 heteroatoms. The lowest BCUT2D eigenvalue weighted by Crippen LogP contribution is -2.38. The van der Waals surface area contributed by atoms with Crippen LogP contribution in [0.2, 0.25) is 0 Å². The van der Waals surface area contributed by atoms with Crippen molar-refractivity contribution in [1.29, 1.82) is 0 Å². The zero-order valence-electron chi connectivity index (χ0n) is 7.83. The first-order chi connectivity index (χ1) is 6.11. The quantitative estimate of drug-likeness (QED) is 0.480. The van der Waals surface area contributed by atoms with Gasteiger partial charge in [-0.2, -0.15) is 5.10 Å². The van der Waals surface area contributed by atoms with E-state index in [4.69, 9.17) is 0 Å². The highest BCUT2D eigenvalue weighted by atomic mass is 16.2. The zero-order chi connectivity index (χ0) is 9.84. The van der Waals surface area contributed by atoms with Gasteiger partial charge in [-0.15, -0.1) is 0 Å². The first kappa shape index (κ1) is 9.70. The molecule has 1 heterocycles. The van der Waals surface area contributed by atoms with Crippen molar-refractivity contribution in [1.82, 2.24) is 10.3 Å². The van der Waals surface area contributed by atoms with Gasteiger partial charge in [-0.25, -0.2) is 10.2 Å². The number of hydrogen-bond acceptors (Lipinski definition) is 3. The third-order valence-electron chi connectivity index (χ3n) is 1.69. The number of imide groups is 1. The number of carbonyl (C=O) groups excluding carboxylic acids is 2. The Bertz CT molecular complexity index is 256. The lowest BCUT2D eigenvalue weighted by atomic mass is 10.4. The standard InChI is InChI=1S/C8H13N3O2/c1-6(2)9-10-8(13)11-5-3-4-7(11)12/h3-5H2,1-2H3,(H,10,13). The van der Waals surface area contributed by atoms with Gasteiger partial charge in [-0.3, -0.25) is 9.69 Å². The second-order valence-electron chi connectivity index (χ2n) is 3.12. The Kier molecular flexibility index (Phi) is 3.00. The van der Waals surface area contributed by atoms with Crippen LogP contribution >= 0.6 is 0 Å². The van der Waals surface area contributed by atoms with E-state index in [1.807, 2.05) is 0 Å². The van der Waals surface area contributed by atoms with Gasteiger partial charge >= 0.3 is 6.03 Å². The monoisotopic (exact) mass is 183 g/mol.